The van der Waals surface area contributed by atoms with Gasteiger partial charge in [0.1, 0.15) is 35.9 Å². The zero-order valence-electron chi connectivity index (χ0n) is 34.9. The molecule has 0 bridgehead atoms. The molecule has 0 radical (unpaired) electrons. The van der Waals surface area contributed by atoms with Gasteiger partial charge >= 0.3 is 0 Å². The Bertz CT molecular complexity index is 2290. The lowest BCUT2D eigenvalue weighted by molar-refractivity contribution is -0.0355. The third-order valence-corrected chi connectivity index (χ3v) is 16.3. The largest absolute Gasteiger partial charge is 0.408 e. The first-order valence-electron chi connectivity index (χ1n) is 20.4. The quantitative estimate of drug-likeness (QED) is 0.0878. The first-order chi connectivity index (χ1) is 28.3. The van der Waals surface area contributed by atoms with Crippen molar-refractivity contribution in [2.24, 2.45) is 0 Å². The molecule has 2 aromatic carbocycles. The maximum atomic E-state index is 10.9. The fraction of sp³-hybridized carbons (Fsp3) is 0.488. The van der Waals surface area contributed by atoms with Gasteiger partial charge in [0.05, 0.1) is 36.9 Å². The van der Waals surface area contributed by atoms with E-state index in [9.17, 15) is 5.11 Å². The van der Waals surface area contributed by atoms with Gasteiger partial charge in [0.2, 0.25) is 0 Å². The first kappa shape index (κ1) is 44.7. The number of imidazole rings is 2. The van der Waals surface area contributed by atoms with Gasteiger partial charge < -0.3 is 41.1 Å². The number of fused-ring (bicyclic) bond motifs is 2. The maximum Gasteiger partial charge on any atom is 0.192 e. The van der Waals surface area contributed by atoms with Gasteiger partial charge in [-0.1, -0.05) is 103 Å². The van der Waals surface area contributed by atoms with Gasteiger partial charge in [-0.25, -0.2) is 29.9 Å². The molecule has 4 aromatic heterocycles. The minimum Gasteiger partial charge on any atom is -0.408 e. The molecular formula is C43H62N12O4Si. The summed E-state index contributed by atoms with van der Waals surface area (Å²) >= 11 is 0. The molecule has 2 fully saturated rings. The van der Waals surface area contributed by atoms with Crippen LogP contribution in [0, 0.1) is 0 Å². The number of nitrogens with two attached hydrogens (primary N) is 2. The number of hydrogen-bond acceptors (Lipinski definition) is 14. The van der Waals surface area contributed by atoms with Crippen LogP contribution >= 0.6 is 0 Å². The van der Waals surface area contributed by atoms with Crippen molar-refractivity contribution in [3.8, 4) is 0 Å². The smallest absolute Gasteiger partial charge is 0.192 e. The van der Waals surface area contributed by atoms with Crippen molar-refractivity contribution in [2.75, 3.05) is 11.5 Å². The molecule has 0 aliphatic carbocycles. The Hall–Kier alpha value is -4.88. The van der Waals surface area contributed by atoms with Crippen LogP contribution in [-0.4, -0.2) is 89.0 Å². The summed E-state index contributed by atoms with van der Waals surface area (Å²) in [6, 6.07) is 20.3. The molecule has 0 amide bonds. The minimum absolute atomic E-state index is 0. The molecule has 6 aromatic rings. The lowest BCUT2D eigenvalue weighted by Crippen LogP contribution is -2.52. The van der Waals surface area contributed by atoms with E-state index in [0.29, 0.717) is 40.5 Å². The fourth-order valence-corrected chi connectivity index (χ4v) is 8.85. The fourth-order valence-electron chi connectivity index (χ4n) is 7.55. The summed E-state index contributed by atoms with van der Waals surface area (Å²) in [6.07, 6.45) is 5.84. The van der Waals surface area contributed by atoms with Crippen LogP contribution in [-0.2, 0) is 27.0 Å². The number of benzene rings is 2. The Morgan fingerprint density at radius 3 is 1.63 bits per heavy atom. The van der Waals surface area contributed by atoms with Crippen molar-refractivity contribution in [3.63, 3.8) is 0 Å². The molecule has 17 heteroatoms. The van der Waals surface area contributed by atoms with Gasteiger partial charge in [-0.3, -0.25) is 9.13 Å². The highest BCUT2D eigenvalue weighted by atomic mass is 28.4. The van der Waals surface area contributed by atoms with E-state index in [2.05, 4.69) is 118 Å². The van der Waals surface area contributed by atoms with Crippen LogP contribution in [0.15, 0.2) is 86.0 Å². The summed E-state index contributed by atoms with van der Waals surface area (Å²) in [6.45, 7) is 16.9. The van der Waals surface area contributed by atoms with E-state index in [1.165, 1.54) is 18.2 Å². The summed E-state index contributed by atoms with van der Waals surface area (Å²) < 4.78 is 23.5. The lowest BCUT2D eigenvalue weighted by Gasteiger charge is -2.41. The predicted octanol–water partition coefficient (Wildman–Crippen LogP) is 6.14. The van der Waals surface area contributed by atoms with Gasteiger partial charge in [0.25, 0.3) is 0 Å². The van der Waals surface area contributed by atoms with Crippen molar-refractivity contribution in [2.45, 2.75) is 135 Å². The number of nitrogens with zero attached hydrogens (tertiary/aromatic N) is 8. The number of nitrogen functional groups attached to an aromatic ring is 2. The van der Waals surface area contributed by atoms with E-state index >= 15 is 0 Å². The molecule has 322 valence electrons. The van der Waals surface area contributed by atoms with Gasteiger partial charge in [0, 0.05) is 13.1 Å². The van der Waals surface area contributed by atoms with E-state index in [0.717, 1.165) is 24.9 Å². The van der Waals surface area contributed by atoms with Crippen LogP contribution in [0.1, 0.15) is 78.5 Å². The second-order valence-corrected chi connectivity index (χ2v) is 21.5. The van der Waals surface area contributed by atoms with Crippen LogP contribution in [0.3, 0.4) is 0 Å². The molecule has 60 heavy (non-hydrogen) atoms. The highest BCUT2D eigenvalue weighted by Crippen LogP contribution is 2.43. The zero-order valence-corrected chi connectivity index (χ0v) is 35.9. The van der Waals surface area contributed by atoms with Crippen LogP contribution in [0.25, 0.3) is 22.3 Å². The Morgan fingerprint density at radius 1 is 0.700 bits per heavy atom. The number of hydrogen-bond donors (Lipinski definition) is 5. The summed E-state index contributed by atoms with van der Waals surface area (Å²) in [5.74, 6) is 0.677. The molecule has 2 aliphatic rings. The van der Waals surface area contributed by atoms with Crippen LogP contribution < -0.4 is 22.1 Å². The average Bonchev–Trinajstić information content (AvgIpc) is 4.00. The number of anilines is 2. The summed E-state index contributed by atoms with van der Waals surface area (Å²) in [4.78, 5) is 25.5. The number of ether oxygens (including phenoxy) is 2. The van der Waals surface area contributed by atoms with E-state index in [-0.39, 0.29) is 49.1 Å². The number of nitrogens with one attached hydrogen (secondary N) is 2. The molecule has 2 aliphatic heterocycles. The minimum atomic E-state index is -2.11. The molecule has 6 heterocycles. The molecule has 8 atom stereocenters. The highest BCUT2D eigenvalue weighted by molar-refractivity contribution is 6.74. The number of rotatable bonds is 12. The van der Waals surface area contributed by atoms with E-state index < -0.39 is 20.6 Å². The standard InChI is InChI=1S/C24H36N6O2Si.C18H22N6O2.CH4/c1-7-17-18(26-13-16-11-9-8-10-12-16)20(32-33(5,6)24(2,3)4)23(31-17)30-15-29-19-21(25)27-14-28-22(19)30;1-2-12-13(20-8-11-6-4-3-5-7-11)15(25)18(26-12)24-10-23-14-16(19)21-9-22-17(14)24;/h8-12,14-15,17-18,20,23,26H,7,13H2,1-6H3,(H2,25,27,28);3-7,9-10,12-13,15,18,20,25H,2,8H2,1H3,(H2,19,21,22);1H4/t17-,18-,20?,23-;12-,13-,15-,18-;/m11./s1. The average molecular weight is 839 g/mol. The van der Waals surface area contributed by atoms with Crippen molar-refractivity contribution in [1.29, 1.82) is 0 Å². The van der Waals surface area contributed by atoms with Crippen molar-refractivity contribution < 1.29 is 19.0 Å². The Morgan fingerprint density at radius 2 is 1.15 bits per heavy atom. The second kappa shape index (κ2) is 18.8. The monoisotopic (exact) mass is 838 g/mol. The molecule has 2 saturated heterocycles. The summed E-state index contributed by atoms with van der Waals surface area (Å²) in [5, 5.41) is 18.2. The van der Waals surface area contributed by atoms with Crippen LogP contribution in [0.4, 0.5) is 11.6 Å². The third-order valence-electron chi connectivity index (χ3n) is 11.9. The number of aliphatic hydroxyl groups excluding tert-OH is 1. The van der Waals surface area contributed by atoms with Gasteiger partial charge in [-0.15, -0.1) is 0 Å². The molecule has 0 saturated carbocycles. The first-order valence-corrected chi connectivity index (χ1v) is 23.3. The van der Waals surface area contributed by atoms with Gasteiger partial charge in [0.15, 0.2) is 43.7 Å². The van der Waals surface area contributed by atoms with Crippen LogP contribution in [0.2, 0.25) is 18.1 Å². The molecule has 8 rings (SSSR count). The summed E-state index contributed by atoms with van der Waals surface area (Å²) in [5.41, 5.74) is 16.6. The topological polar surface area (TPSA) is 211 Å². The number of aromatic nitrogens is 8. The summed E-state index contributed by atoms with van der Waals surface area (Å²) in [7, 11) is -2.11. The lowest BCUT2D eigenvalue weighted by atomic mass is 10.0. The molecular weight excluding hydrogens is 777 g/mol. The Kier molecular flexibility index (Phi) is 14.0. The normalized spacial score (nSPS) is 24.3. The van der Waals surface area contributed by atoms with Crippen LogP contribution in [0.5, 0.6) is 0 Å². The van der Waals surface area contributed by atoms with E-state index in [4.69, 9.17) is 25.4 Å². The highest BCUT2D eigenvalue weighted by Gasteiger charge is 2.50. The Balaban J connectivity index is 0.000000203. The van der Waals surface area contributed by atoms with Crippen molar-refractivity contribution >= 4 is 42.3 Å². The predicted molar refractivity (Wildman–Crippen MR) is 237 cm³/mol. The molecule has 0 spiro atoms. The number of aliphatic hydroxyl groups is 1. The Labute approximate surface area is 353 Å². The van der Waals surface area contributed by atoms with E-state index in [1.807, 2.05) is 35.8 Å². The molecule has 7 N–H and O–H groups in total. The molecule has 1 unspecified atom stereocenters. The van der Waals surface area contributed by atoms with Crippen molar-refractivity contribution in [1.82, 2.24) is 49.7 Å². The van der Waals surface area contributed by atoms with Crippen molar-refractivity contribution in [3.05, 3.63) is 97.1 Å². The second-order valence-electron chi connectivity index (χ2n) is 16.7. The molecule has 16 nitrogen and oxygen atoms in total. The van der Waals surface area contributed by atoms with Gasteiger partial charge in [-0.2, -0.15) is 0 Å². The maximum absolute atomic E-state index is 10.9. The zero-order chi connectivity index (χ0) is 41.9. The SMILES string of the molecule is C.CC[C@H]1O[C@@H](n2cnc3c(N)ncnc32)C(O[Si](C)(C)C(C)(C)C)[C@@H]1NCc1ccccc1.CC[C@H]1O[C@@H](n2cnc3c(N)ncnc32)[C@H](O)[C@@H]1NCc1ccccc1. The van der Waals surface area contributed by atoms with E-state index in [1.54, 1.807) is 17.2 Å². The third kappa shape index (κ3) is 9.22. The van der Waals surface area contributed by atoms with Gasteiger partial charge in [-0.05, 0) is 42.1 Å².